The summed E-state index contributed by atoms with van der Waals surface area (Å²) >= 11 is 3.47. The van der Waals surface area contributed by atoms with Crippen LogP contribution in [-0.2, 0) is 11.3 Å². The summed E-state index contributed by atoms with van der Waals surface area (Å²) < 4.78 is 6.63. The summed E-state index contributed by atoms with van der Waals surface area (Å²) in [6.45, 7) is 5.72. The van der Waals surface area contributed by atoms with Crippen LogP contribution in [0.15, 0.2) is 52.3 Å². The van der Waals surface area contributed by atoms with E-state index in [-0.39, 0.29) is 11.8 Å². The molecule has 1 aromatic carbocycles. The Morgan fingerprint density at radius 2 is 2.12 bits per heavy atom. The van der Waals surface area contributed by atoms with E-state index in [1.165, 1.54) is 6.08 Å². The molecule has 3 rings (SSSR count). The normalized spacial score (nSPS) is 10.5. The molecule has 0 aliphatic carbocycles. The first kappa shape index (κ1) is 17.0. The van der Waals surface area contributed by atoms with E-state index in [1.807, 2.05) is 19.1 Å². The molecule has 2 aromatic heterocycles. The Morgan fingerprint density at radius 3 is 2.84 bits per heavy atom. The highest BCUT2D eigenvalue weighted by atomic mass is 79.9. The average Bonchev–Trinajstić information content (AvgIpc) is 3.11. The van der Waals surface area contributed by atoms with Crippen LogP contribution in [0.5, 0.6) is 0 Å². The van der Waals surface area contributed by atoms with E-state index in [2.05, 4.69) is 48.0 Å². The molecule has 0 radical (unpaired) electrons. The van der Waals surface area contributed by atoms with Gasteiger partial charge in [0, 0.05) is 29.0 Å². The summed E-state index contributed by atoms with van der Waals surface area (Å²) in [6.07, 6.45) is 5.90. The van der Waals surface area contributed by atoms with Gasteiger partial charge in [0.1, 0.15) is 5.69 Å². The van der Waals surface area contributed by atoms with Gasteiger partial charge in [-0.05, 0) is 36.3 Å². The third-order valence-corrected chi connectivity index (χ3v) is 3.96. The lowest BCUT2D eigenvalue weighted by molar-refractivity contribution is -0.116. The van der Waals surface area contributed by atoms with Crippen molar-refractivity contribution in [2.24, 2.45) is 0 Å². The number of benzene rings is 1. The van der Waals surface area contributed by atoms with Gasteiger partial charge in [-0.3, -0.25) is 9.78 Å². The number of nitrogens with one attached hydrogen (secondary N) is 1. The second-order valence-electron chi connectivity index (χ2n) is 5.17. The summed E-state index contributed by atoms with van der Waals surface area (Å²) in [4.78, 5) is 19.6. The molecule has 0 atom stereocenters. The van der Waals surface area contributed by atoms with Crippen LogP contribution in [0.4, 0.5) is 0 Å². The molecule has 1 amide bonds. The molecular formula is C17H14BrN5O2. The number of amides is 1. The zero-order valence-electron chi connectivity index (χ0n) is 13.4. The minimum Gasteiger partial charge on any atom is -0.415 e. The molecule has 3 aromatic rings. The number of halogens is 1. The first-order chi connectivity index (χ1) is 12.1. The van der Waals surface area contributed by atoms with E-state index in [0.717, 1.165) is 21.2 Å². The molecule has 0 saturated heterocycles. The number of nitrogens with zero attached hydrogens (tertiary/aromatic N) is 4. The lowest BCUT2D eigenvalue weighted by atomic mass is 10.0. The zero-order valence-corrected chi connectivity index (χ0v) is 14.9. The number of hydrogen-bond acceptors (Lipinski definition) is 6. The van der Waals surface area contributed by atoms with Crippen LogP contribution in [0.25, 0.3) is 23.0 Å². The Bertz CT molecular complexity index is 924. The van der Waals surface area contributed by atoms with E-state index >= 15 is 0 Å². The quantitative estimate of drug-likeness (QED) is 0.662. The molecular weight excluding hydrogens is 386 g/mol. The second kappa shape index (κ2) is 7.35. The lowest BCUT2D eigenvalue weighted by Gasteiger charge is -2.11. The van der Waals surface area contributed by atoms with E-state index in [1.54, 1.807) is 18.6 Å². The predicted molar refractivity (Wildman–Crippen MR) is 95.2 cm³/mol. The second-order valence-corrected chi connectivity index (χ2v) is 6.09. The van der Waals surface area contributed by atoms with Gasteiger partial charge < -0.3 is 9.73 Å². The minimum atomic E-state index is -0.251. The van der Waals surface area contributed by atoms with Crippen molar-refractivity contribution in [3.8, 4) is 23.0 Å². The molecule has 2 heterocycles. The van der Waals surface area contributed by atoms with E-state index < -0.39 is 0 Å². The fraction of sp³-hybridized carbons (Fsp3) is 0.118. The van der Waals surface area contributed by atoms with Crippen LogP contribution in [0.2, 0.25) is 0 Å². The monoisotopic (exact) mass is 399 g/mol. The number of carbonyl (C=O) groups excluding carboxylic acids is 1. The molecule has 8 heteroatoms. The molecule has 0 aliphatic rings. The van der Waals surface area contributed by atoms with Crippen LogP contribution in [-0.4, -0.2) is 26.1 Å². The van der Waals surface area contributed by atoms with Gasteiger partial charge in [-0.15, -0.1) is 10.2 Å². The molecule has 0 saturated carbocycles. The fourth-order valence-electron chi connectivity index (χ4n) is 2.29. The number of carbonyl (C=O) groups is 1. The van der Waals surface area contributed by atoms with Gasteiger partial charge in [-0.25, -0.2) is 4.98 Å². The van der Waals surface area contributed by atoms with E-state index in [0.29, 0.717) is 18.1 Å². The van der Waals surface area contributed by atoms with Gasteiger partial charge in [-0.1, -0.05) is 22.5 Å². The van der Waals surface area contributed by atoms with Gasteiger partial charge in [0.25, 0.3) is 5.89 Å². The minimum absolute atomic E-state index is 0.251. The third kappa shape index (κ3) is 3.80. The summed E-state index contributed by atoms with van der Waals surface area (Å²) in [6, 6.07) is 3.83. The van der Waals surface area contributed by atoms with Crippen molar-refractivity contribution in [3.05, 3.63) is 59.0 Å². The molecule has 126 valence electrons. The molecule has 25 heavy (non-hydrogen) atoms. The van der Waals surface area contributed by atoms with Gasteiger partial charge in [-0.2, -0.15) is 0 Å². The Morgan fingerprint density at radius 1 is 1.32 bits per heavy atom. The number of aryl methyl sites for hydroxylation is 1. The van der Waals surface area contributed by atoms with Crippen molar-refractivity contribution in [1.29, 1.82) is 0 Å². The van der Waals surface area contributed by atoms with Crippen molar-refractivity contribution in [1.82, 2.24) is 25.5 Å². The average molecular weight is 400 g/mol. The molecule has 1 N–H and O–H groups in total. The molecule has 0 bridgehead atoms. The number of aromatic nitrogens is 4. The van der Waals surface area contributed by atoms with E-state index in [4.69, 9.17) is 4.42 Å². The first-order valence-electron chi connectivity index (χ1n) is 7.38. The van der Waals surface area contributed by atoms with Gasteiger partial charge >= 0.3 is 0 Å². The van der Waals surface area contributed by atoms with Crippen molar-refractivity contribution in [2.45, 2.75) is 13.5 Å². The highest BCUT2D eigenvalue weighted by Crippen LogP contribution is 2.30. The summed E-state index contributed by atoms with van der Waals surface area (Å²) in [5.74, 6) is 0.369. The molecule has 7 nitrogen and oxygen atoms in total. The van der Waals surface area contributed by atoms with Crippen molar-refractivity contribution < 1.29 is 9.21 Å². The maximum atomic E-state index is 11.5. The highest BCUT2D eigenvalue weighted by molar-refractivity contribution is 9.10. The standard InChI is InChI=1S/C17H14BrN5O2/c1-3-15(24)21-8-13-10(2)6-11(18)7-12(13)16-22-23-17(25-16)14-9-19-4-5-20-14/h3-7,9H,1,8H2,2H3,(H,21,24). The molecule has 0 aliphatic heterocycles. The van der Waals surface area contributed by atoms with E-state index in [9.17, 15) is 4.79 Å². The molecule has 0 spiro atoms. The van der Waals surface area contributed by atoms with Crippen LogP contribution >= 0.6 is 15.9 Å². The van der Waals surface area contributed by atoms with Crippen LogP contribution in [0.3, 0.4) is 0 Å². The maximum absolute atomic E-state index is 11.5. The Kier molecular flexibility index (Phi) is 4.99. The maximum Gasteiger partial charge on any atom is 0.268 e. The van der Waals surface area contributed by atoms with Crippen LogP contribution in [0, 0.1) is 6.92 Å². The SMILES string of the molecule is C=CC(=O)NCc1c(C)cc(Br)cc1-c1nnc(-c2cnccn2)o1. The summed E-state index contributed by atoms with van der Waals surface area (Å²) in [5.41, 5.74) is 3.09. The van der Waals surface area contributed by atoms with Crippen LogP contribution < -0.4 is 5.32 Å². The fourth-order valence-corrected chi connectivity index (χ4v) is 2.86. The number of hydrogen-bond donors (Lipinski definition) is 1. The largest absolute Gasteiger partial charge is 0.415 e. The van der Waals surface area contributed by atoms with Gasteiger partial charge in [0.15, 0.2) is 0 Å². The topological polar surface area (TPSA) is 93.8 Å². The zero-order chi connectivity index (χ0) is 17.8. The first-order valence-corrected chi connectivity index (χ1v) is 8.17. The van der Waals surface area contributed by atoms with Crippen molar-refractivity contribution in [2.75, 3.05) is 0 Å². The van der Waals surface area contributed by atoms with Gasteiger partial charge in [0.2, 0.25) is 11.8 Å². The summed E-state index contributed by atoms with van der Waals surface area (Å²) in [7, 11) is 0. The highest BCUT2D eigenvalue weighted by Gasteiger charge is 2.17. The summed E-state index contributed by atoms with van der Waals surface area (Å²) in [5, 5.41) is 10.9. The lowest BCUT2D eigenvalue weighted by Crippen LogP contribution is -2.21. The smallest absolute Gasteiger partial charge is 0.268 e. The molecule has 0 unspecified atom stereocenters. The third-order valence-electron chi connectivity index (χ3n) is 3.50. The van der Waals surface area contributed by atoms with Crippen molar-refractivity contribution in [3.63, 3.8) is 0 Å². The Balaban J connectivity index is 2.00. The predicted octanol–water partition coefficient (Wildman–Crippen LogP) is 3.07. The van der Waals surface area contributed by atoms with Crippen LogP contribution in [0.1, 0.15) is 11.1 Å². The van der Waals surface area contributed by atoms with Crippen molar-refractivity contribution >= 4 is 21.8 Å². The van der Waals surface area contributed by atoms with Gasteiger partial charge in [0.05, 0.1) is 6.20 Å². The Labute approximate surface area is 152 Å². The Hall–Kier alpha value is -2.87. The number of rotatable bonds is 5. The molecule has 0 fully saturated rings.